The number of hydrogen-bond donors (Lipinski definition) is 0. The predicted molar refractivity (Wildman–Crippen MR) is 109 cm³/mol. The molecule has 2 fully saturated rings. The van der Waals surface area contributed by atoms with Crippen molar-refractivity contribution in [3.63, 3.8) is 0 Å². The largest absolute Gasteiger partial charge is 0.420 e. The van der Waals surface area contributed by atoms with Crippen LogP contribution in [0.2, 0.25) is 0 Å². The monoisotopic (exact) mass is 371 g/mol. The fourth-order valence-corrected chi connectivity index (χ4v) is 3.78. The van der Waals surface area contributed by atoms with Gasteiger partial charge in [-0.2, -0.15) is 0 Å². The minimum atomic E-state index is -0.0848. The molecule has 3 rings (SSSR count). The van der Waals surface area contributed by atoms with E-state index in [0.29, 0.717) is 24.2 Å². The molecule has 0 bridgehead atoms. The Hall–Kier alpha value is -2.04. The van der Waals surface area contributed by atoms with Crippen LogP contribution in [0.15, 0.2) is 40.2 Å². The smallest absolute Gasteiger partial charge is 0.300 e. The van der Waals surface area contributed by atoms with Gasteiger partial charge >= 0.3 is 6.02 Å². The van der Waals surface area contributed by atoms with Gasteiger partial charge in [-0.05, 0) is 69.6 Å². The van der Waals surface area contributed by atoms with Gasteiger partial charge < -0.3 is 9.64 Å². The van der Waals surface area contributed by atoms with Crippen molar-refractivity contribution in [2.45, 2.75) is 65.8 Å². The number of likely N-dealkylation sites (tertiary alicyclic amines) is 1. The van der Waals surface area contributed by atoms with E-state index < -0.39 is 0 Å². The number of piperidine rings is 1. The molecule has 2 atom stereocenters. The summed E-state index contributed by atoms with van der Waals surface area (Å²) in [4.78, 5) is 21.4. The zero-order valence-electron chi connectivity index (χ0n) is 17.2. The van der Waals surface area contributed by atoms with Crippen LogP contribution < -0.4 is 0 Å². The average molecular weight is 372 g/mol. The minimum Gasteiger partial charge on any atom is -0.420 e. The molecule has 0 saturated carbocycles. The van der Waals surface area contributed by atoms with Crippen LogP contribution in [0, 0.1) is 5.92 Å². The van der Waals surface area contributed by atoms with Gasteiger partial charge in [0.2, 0.25) is 0 Å². The molecular weight excluding hydrogens is 338 g/mol. The molecule has 0 aromatic rings. The lowest BCUT2D eigenvalue weighted by molar-refractivity contribution is -0.122. The average Bonchev–Trinajstić information content (AvgIpc) is 2.98. The quantitative estimate of drug-likeness (QED) is 0.679. The molecule has 0 aromatic carbocycles. The van der Waals surface area contributed by atoms with Gasteiger partial charge in [0.15, 0.2) is 5.76 Å². The first-order chi connectivity index (χ1) is 13.0. The molecule has 0 aromatic heterocycles. The first-order valence-electron chi connectivity index (χ1n) is 10.5. The number of allylic oxidation sites excluding steroid dienone is 5. The molecule has 2 heterocycles. The third kappa shape index (κ3) is 4.45. The molecule has 0 radical (unpaired) electrons. The summed E-state index contributed by atoms with van der Waals surface area (Å²) in [6.07, 6.45) is 12.2. The maximum absolute atomic E-state index is 12.7. The summed E-state index contributed by atoms with van der Waals surface area (Å²) in [6.45, 7) is 11.2. The molecule has 5 heteroatoms. The zero-order chi connectivity index (χ0) is 19.4. The van der Waals surface area contributed by atoms with Crippen molar-refractivity contribution in [2.24, 2.45) is 10.9 Å². The highest BCUT2D eigenvalue weighted by Gasteiger charge is 2.34. The van der Waals surface area contributed by atoms with Crippen LogP contribution in [0.1, 0.15) is 59.8 Å². The molecule has 2 saturated heterocycles. The van der Waals surface area contributed by atoms with Crippen molar-refractivity contribution in [3.05, 3.63) is 35.3 Å². The second-order valence-electron chi connectivity index (χ2n) is 7.81. The van der Waals surface area contributed by atoms with Gasteiger partial charge in [-0.25, -0.2) is 4.99 Å². The van der Waals surface area contributed by atoms with Crippen LogP contribution in [-0.4, -0.2) is 47.4 Å². The Morgan fingerprint density at radius 3 is 2.63 bits per heavy atom. The first-order valence-corrected chi connectivity index (χ1v) is 10.5. The maximum atomic E-state index is 12.7. The third-order valence-electron chi connectivity index (χ3n) is 5.74. The first kappa shape index (κ1) is 19.7. The summed E-state index contributed by atoms with van der Waals surface area (Å²) in [6, 6.07) is 0.584. The normalized spacial score (nSPS) is 27.7. The zero-order valence-corrected chi connectivity index (χ0v) is 17.2. The fraction of sp³-hybridized carbons (Fsp3) is 0.636. The van der Waals surface area contributed by atoms with Crippen molar-refractivity contribution in [2.75, 3.05) is 19.6 Å². The van der Waals surface area contributed by atoms with E-state index in [0.717, 1.165) is 18.4 Å². The number of carbonyl (C=O) groups excluding carboxylic acids is 1. The van der Waals surface area contributed by atoms with Gasteiger partial charge in [0.05, 0.1) is 6.04 Å². The van der Waals surface area contributed by atoms with Crippen LogP contribution >= 0.6 is 0 Å². The van der Waals surface area contributed by atoms with E-state index in [1.165, 1.54) is 38.0 Å². The molecule has 3 aliphatic rings. The van der Waals surface area contributed by atoms with Gasteiger partial charge in [-0.3, -0.25) is 9.69 Å². The Bertz CT molecular complexity index is 684. The number of likely N-dealkylation sites (N-methyl/N-ethyl adjacent to an activating group) is 1. The van der Waals surface area contributed by atoms with Crippen LogP contribution in [0.25, 0.3) is 0 Å². The van der Waals surface area contributed by atoms with Gasteiger partial charge in [0.1, 0.15) is 0 Å². The Morgan fingerprint density at radius 1 is 1.26 bits per heavy atom. The molecule has 1 aliphatic carbocycles. The summed E-state index contributed by atoms with van der Waals surface area (Å²) < 4.78 is 5.86. The standard InChI is InChI=1S/C22H33N3O2/c1-5-17(4)23-22-25(6-2)21(26)20(27-22)15-18-10-11-19(14-16(18)3)24-12-8-7-9-13-24/h10-11,15-17H,5-9,12-14H2,1-4H3/b20-15+,23-22+. The van der Waals surface area contributed by atoms with Gasteiger partial charge in [-0.1, -0.05) is 19.9 Å². The number of aliphatic imine (C=N–C) groups is 1. The SMILES string of the molecule is CCC(C)/N=C1/O/C(=C/C2=CC=C(N3CCCCC3)CC2C)C(=O)N1CC. The second-order valence-corrected chi connectivity index (χ2v) is 7.81. The summed E-state index contributed by atoms with van der Waals surface area (Å²) in [7, 11) is 0. The van der Waals surface area contributed by atoms with E-state index in [1.54, 1.807) is 4.90 Å². The molecule has 0 N–H and O–H groups in total. The topological polar surface area (TPSA) is 45.1 Å². The van der Waals surface area contributed by atoms with E-state index in [9.17, 15) is 4.79 Å². The van der Waals surface area contributed by atoms with Gasteiger partial charge in [0, 0.05) is 25.3 Å². The Kier molecular flexibility index (Phi) is 6.40. The van der Waals surface area contributed by atoms with Crippen molar-refractivity contribution < 1.29 is 9.53 Å². The summed E-state index contributed by atoms with van der Waals surface area (Å²) in [5.74, 6) is 0.687. The maximum Gasteiger partial charge on any atom is 0.300 e. The summed E-state index contributed by atoms with van der Waals surface area (Å²) in [5, 5.41) is 0. The number of hydrogen-bond acceptors (Lipinski definition) is 4. The molecule has 2 aliphatic heterocycles. The van der Waals surface area contributed by atoms with Gasteiger partial charge in [0.25, 0.3) is 5.91 Å². The number of carbonyl (C=O) groups is 1. The Morgan fingerprint density at radius 2 is 2.00 bits per heavy atom. The molecule has 2 unspecified atom stereocenters. The van der Waals surface area contributed by atoms with E-state index in [2.05, 4.69) is 35.9 Å². The van der Waals surface area contributed by atoms with E-state index >= 15 is 0 Å². The molecule has 148 valence electrons. The predicted octanol–water partition coefficient (Wildman–Crippen LogP) is 4.24. The van der Waals surface area contributed by atoms with Crippen LogP contribution in [0.4, 0.5) is 0 Å². The molecular formula is C22H33N3O2. The molecule has 5 nitrogen and oxygen atoms in total. The number of nitrogens with zero attached hydrogens (tertiary/aromatic N) is 3. The van der Waals surface area contributed by atoms with E-state index in [-0.39, 0.29) is 11.9 Å². The Balaban J connectivity index is 1.79. The molecule has 0 spiro atoms. The highest BCUT2D eigenvalue weighted by Crippen LogP contribution is 2.31. The third-order valence-corrected chi connectivity index (χ3v) is 5.74. The summed E-state index contributed by atoms with van der Waals surface area (Å²) in [5.41, 5.74) is 2.58. The van der Waals surface area contributed by atoms with Crippen LogP contribution in [0.3, 0.4) is 0 Å². The molecule has 27 heavy (non-hydrogen) atoms. The lowest BCUT2D eigenvalue weighted by Gasteiger charge is -2.34. The minimum absolute atomic E-state index is 0.0848. The van der Waals surface area contributed by atoms with Crippen molar-refractivity contribution in [1.29, 1.82) is 0 Å². The lowest BCUT2D eigenvalue weighted by atomic mass is 9.89. The fourth-order valence-electron chi connectivity index (χ4n) is 3.78. The summed E-state index contributed by atoms with van der Waals surface area (Å²) >= 11 is 0. The number of amides is 1. The van der Waals surface area contributed by atoms with Crippen molar-refractivity contribution in [3.8, 4) is 0 Å². The highest BCUT2D eigenvalue weighted by atomic mass is 16.5. The van der Waals surface area contributed by atoms with Crippen LogP contribution in [-0.2, 0) is 9.53 Å². The number of rotatable bonds is 5. The number of ether oxygens (including phenoxy) is 1. The second kappa shape index (κ2) is 8.77. The van der Waals surface area contributed by atoms with Crippen LogP contribution in [0.5, 0.6) is 0 Å². The number of amidine groups is 1. The highest BCUT2D eigenvalue weighted by molar-refractivity contribution is 6.09. The van der Waals surface area contributed by atoms with E-state index in [1.807, 2.05) is 19.9 Å². The Labute approximate surface area is 163 Å². The van der Waals surface area contributed by atoms with E-state index in [4.69, 9.17) is 4.74 Å². The molecule has 1 amide bonds. The lowest BCUT2D eigenvalue weighted by Crippen LogP contribution is -2.31. The van der Waals surface area contributed by atoms with Gasteiger partial charge in [-0.15, -0.1) is 0 Å². The van der Waals surface area contributed by atoms with Crippen molar-refractivity contribution >= 4 is 11.9 Å². The van der Waals surface area contributed by atoms with Crippen molar-refractivity contribution in [1.82, 2.24) is 9.80 Å².